The number of carbonyl (C=O) groups excluding carboxylic acids is 1. The van der Waals surface area contributed by atoms with Gasteiger partial charge in [0.25, 0.3) is 0 Å². The number of rotatable bonds is 5. The van der Waals surface area contributed by atoms with Gasteiger partial charge in [-0.1, -0.05) is 6.07 Å². The van der Waals surface area contributed by atoms with Gasteiger partial charge >= 0.3 is 5.97 Å². The number of pyridine rings is 1. The molecule has 0 spiro atoms. The number of amides is 1. The number of aromatic nitrogens is 1. The summed E-state index contributed by atoms with van der Waals surface area (Å²) in [4.78, 5) is 28.9. The van der Waals surface area contributed by atoms with Crippen LogP contribution < -0.4 is 0 Å². The first-order valence-corrected chi connectivity index (χ1v) is 7.68. The molecule has 1 saturated heterocycles. The maximum absolute atomic E-state index is 13.5. The van der Waals surface area contributed by atoms with Gasteiger partial charge in [0.1, 0.15) is 0 Å². The Labute approximate surface area is 128 Å². The number of carbonyl (C=O) groups is 2. The van der Waals surface area contributed by atoms with E-state index in [1.165, 1.54) is 6.20 Å². The molecule has 1 saturated carbocycles. The third kappa shape index (κ3) is 2.82. The summed E-state index contributed by atoms with van der Waals surface area (Å²) in [6.07, 6.45) is 4.74. The lowest BCUT2D eigenvalue weighted by molar-refractivity contribution is -0.142. The third-order valence-corrected chi connectivity index (χ3v) is 4.86. The van der Waals surface area contributed by atoms with Crippen molar-refractivity contribution < 1.29 is 19.1 Å². The van der Waals surface area contributed by atoms with Crippen LogP contribution in [0.1, 0.15) is 37.7 Å². The van der Waals surface area contributed by atoms with Gasteiger partial charge in [0.05, 0.1) is 6.42 Å². The van der Waals surface area contributed by atoms with E-state index < -0.39 is 11.9 Å². The van der Waals surface area contributed by atoms with Crippen LogP contribution in [0.4, 0.5) is 4.39 Å². The van der Waals surface area contributed by atoms with Gasteiger partial charge in [0, 0.05) is 30.3 Å². The van der Waals surface area contributed by atoms with Gasteiger partial charge in [0.2, 0.25) is 11.9 Å². The van der Waals surface area contributed by atoms with Crippen molar-refractivity contribution in [3.05, 3.63) is 29.8 Å². The van der Waals surface area contributed by atoms with Crippen molar-refractivity contribution in [2.45, 2.75) is 50.6 Å². The Hall–Kier alpha value is -1.98. The van der Waals surface area contributed by atoms with E-state index in [2.05, 4.69) is 4.98 Å². The monoisotopic (exact) mass is 306 g/mol. The minimum absolute atomic E-state index is 0.00810. The molecule has 118 valence electrons. The number of piperidine rings is 1. The summed E-state index contributed by atoms with van der Waals surface area (Å²) in [5.74, 6) is -1.17. The van der Waals surface area contributed by atoms with Crippen LogP contribution in [0.3, 0.4) is 0 Å². The number of likely N-dealkylation sites (tertiary alicyclic amines) is 1. The standard InChI is InChI=1S/C16H19FN2O3/c17-16-10(2-1-7-18-16)4-6-14(20)19-12-5-3-11(8-12)13(19)9-15(21)22/h1-2,7,11-13H,3-6,8-9H2,(H,21,22)/t11-,12+,13+/m0/s1. The third-order valence-electron chi connectivity index (χ3n) is 4.86. The minimum atomic E-state index is -0.867. The summed E-state index contributed by atoms with van der Waals surface area (Å²) in [6, 6.07) is 3.25. The molecule has 0 radical (unpaired) electrons. The summed E-state index contributed by atoms with van der Waals surface area (Å²) in [5.41, 5.74) is 0.426. The van der Waals surface area contributed by atoms with E-state index in [9.17, 15) is 14.0 Å². The molecule has 5 nitrogen and oxygen atoms in total. The number of halogens is 1. The quantitative estimate of drug-likeness (QED) is 0.845. The van der Waals surface area contributed by atoms with Crippen LogP contribution in [0.15, 0.2) is 18.3 Å². The van der Waals surface area contributed by atoms with Crippen molar-refractivity contribution in [3.63, 3.8) is 0 Å². The van der Waals surface area contributed by atoms with Crippen molar-refractivity contribution in [1.29, 1.82) is 0 Å². The largest absolute Gasteiger partial charge is 0.481 e. The summed E-state index contributed by atoms with van der Waals surface area (Å²) in [6.45, 7) is 0. The lowest BCUT2D eigenvalue weighted by atomic mass is 9.95. The van der Waals surface area contributed by atoms with Gasteiger partial charge in [-0.05, 0) is 37.7 Å². The fraction of sp³-hybridized carbons (Fsp3) is 0.562. The Bertz CT molecular complexity index is 593. The van der Waals surface area contributed by atoms with Crippen LogP contribution in [-0.2, 0) is 16.0 Å². The van der Waals surface area contributed by atoms with E-state index in [0.29, 0.717) is 17.9 Å². The molecule has 1 amide bonds. The molecule has 1 aliphatic carbocycles. The smallest absolute Gasteiger partial charge is 0.305 e. The molecule has 1 N–H and O–H groups in total. The van der Waals surface area contributed by atoms with E-state index in [1.807, 2.05) is 0 Å². The van der Waals surface area contributed by atoms with Crippen LogP contribution in [0.25, 0.3) is 0 Å². The van der Waals surface area contributed by atoms with Crippen LogP contribution in [0, 0.1) is 11.9 Å². The Balaban J connectivity index is 1.66. The van der Waals surface area contributed by atoms with Crippen LogP contribution >= 0.6 is 0 Å². The van der Waals surface area contributed by atoms with Crippen molar-refractivity contribution in [1.82, 2.24) is 9.88 Å². The number of nitrogens with zero attached hydrogens (tertiary/aromatic N) is 2. The zero-order chi connectivity index (χ0) is 15.7. The summed E-state index contributed by atoms with van der Waals surface area (Å²) in [7, 11) is 0. The van der Waals surface area contributed by atoms with Crippen molar-refractivity contribution in [2.24, 2.45) is 5.92 Å². The average Bonchev–Trinajstić information content (AvgIpc) is 3.06. The first kappa shape index (κ1) is 14.9. The van der Waals surface area contributed by atoms with Crippen LogP contribution in [0.5, 0.6) is 0 Å². The lowest BCUT2D eigenvalue weighted by Crippen LogP contribution is -2.46. The van der Waals surface area contributed by atoms with E-state index in [0.717, 1.165) is 19.3 Å². The van der Waals surface area contributed by atoms with Gasteiger partial charge in [-0.15, -0.1) is 0 Å². The Kier molecular flexibility index (Phi) is 4.09. The second-order valence-electron chi connectivity index (χ2n) is 6.15. The van der Waals surface area contributed by atoms with E-state index >= 15 is 0 Å². The predicted molar refractivity (Wildman–Crippen MR) is 76.5 cm³/mol. The highest BCUT2D eigenvalue weighted by Crippen LogP contribution is 2.44. The molecule has 2 bridgehead atoms. The SMILES string of the molecule is O=C(O)C[C@@H]1[C@H]2CC[C@H](C2)N1C(=O)CCc1cccnc1F. The topological polar surface area (TPSA) is 70.5 Å². The molecule has 22 heavy (non-hydrogen) atoms. The molecule has 1 aromatic rings. The van der Waals surface area contributed by atoms with Crippen molar-refractivity contribution in [2.75, 3.05) is 0 Å². The highest BCUT2D eigenvalue weighted by molar-refractivity contribution is 5.79. The normalized spacial score (nSPS) is 26.4. The number of hydrogen-bond donors (Lipinski definition) is 1. The predicted octanol–water partition coefficient (Wildman–Crippen LogP) is 2.01. The van der Waals surface area contributed by atoms with E-state index in [1.54, 1.807) is 17.0 Å². The molecule has 2 fully saturated rings. The van der Waals surface area contributed by atoms with E-state index in [4.69, 9.17) is 5.11 Å². The highest BCUT2D eigenvalue weighted by Gasteiger charge is 2.48. The molecule has 2 heterocycles. The zero-order valence-corrected chi connectivity index (χ0v) is 12.2. The Morgan fingerprint density at radius 1 is 1.41 bits per heavy atom. The van der Waals surface area contributed by atoms with Crippen molar-refractivity contribution in [3.8, 4) is 0 Å². The van der Waals surface area contributed by atoms with Gasteiger partial charge in [-0.2, -0.15) is 4.39 Å². The van der Waals surface area contributed by atoms with Gasteiger partial charge in [-0.3, -0.25) is 9.59 Å². The van der Waals surface area contributed by atoms with Gasteiger partial charge in [-0.25, -0.2) is 4.98 Å². The first-order valence-electron chi connectivity index (χ1n) is 7.68. The first-order chi connectivity index (χ1) is 10.6. The maximum atomic E-state index is 13.5. The summed E-state index contributed by atoms with van der Waals surface area (Å²) >= 11 is 0. The van der Waals surface area contributed by atoms with Gasteiger partial charge in [0.15, 0.2) is 0 Å². The fourth-order valence-electron chi connectivity index (χ4n) is 3.90. The molecule has 6 heteroatoms. The molecular formula is C16H19FN2O3. The zero-order valence-electron chi connectivity index (χ0n) is 12.2. The minimum Gasteiger partial charge on any atom is -0.481 e. The fourth-order valence-corrected chi connectivity index (χ4v) is 3.90. The number of fused-ring (bicyclic) bond motifs is 2. The number of carboxylic acids is 1. The second kappa shape index (κ2) is 6.02. The molecule has 0 unspecified atom stereocenters. The number of hydrogen-bond acceptors (Lipinski definition) is 3. The highest BCUT2D eigenvalue weighted by atomic mass is 19.1. The van der Waals surface area contributed by atoms with Crippen LogP contribution in [-0.4, -0.2) is 39.0 Å². The second-order valence-corrected chi connectivity index (χ2v) is 6.15. The average molecular weight is 306 g/mol. The molecule has 1 aromatic heterocycles. The Morgan fingerprint density at radius 2 is 2.23 bits per heavy atom. The Morgan fingerprint density at radius 3 is 2.95 bits per heavy atom. The molecule has 3 atom stereocenters. The number of carboxylic acid groups (broad SMARTS) is 1. The van der Waals surface area contributed by atoms with E-state index in [-0.39, 0.29) is 30.8 Å². The number of aryl methyl sites for hydroxylation is 1. The summed E-state index contributed by atoms with van der Waals surface area (Å²) in [5, 5.41) is 9.05. The van der Waals surface area contributed by atoms with Crippen molar-refractivity contribution >= 4 is 11.9 Å². The molecule has 1 aliphatic heterocycles. The molecule has 2 aliphatic rings. The van der Waals surface area contributed by atoms with Crippen LogP contribution in [0.2, 0.25) is 0 Å². The molecular weight excluding hydrogens is 287 g/mol. The molecule has 0 aromatic carbocycles. The summed E-state index contributed by atoms with van der Waals surface area (Å²) < 4.78 is 13.5. The molecule has 3 rings (SSSR count). The lowest BCUT2D eigenvalue weighted by Gasteiger charge is -2.34. The maximum Gasteiger partial charge on any atom is 0.305 e. The van der Waals surface area contributed by atoms with Gasteiger partial charge < -0.3 is 10.0 Å². The number of aliphatic carboxylic acids is 1.